The minimum absolute atomic E-state index is 0.0902. The lowest BCUT2D eigenvalue weighted by molar-refractivity contribution is 0.0744. The highest BCUT2D eigenvalue weighted by atomic mass is 16.3. The number of rotatable bonds is 5. The maximum Gasteiger partial charge on any atom is 0.256 e. The second-order valence-electron chi connectivity index (χ2n) is 4.55. The van der Waals surface area contributed by atoms with E-state index in [-0.39, 0.29) is 19.1 Å². The van der Waals surface area contributed by atoms with Gasteiger partial charge in [-0.15, -0.1) is 6.58 Å². The molecule has 0 aliphatic heterocycles. The minimum atomic E-state index is -0.192. The zero-order valence-corrected chi connectivity index (χ0v) is 11.2. The molecule has 0 aromatic heterocycles. The van der Waals surface area contributed by atoms with E-state index in [1.807, 2.05) is 24.3 Å². The highest BCUT2D eigenvalue weighted by Gasteiger charge is 2.17. The first-order valence-corrected chi connectivity index (χ1v) is 6.46. The molecule has 20 heavy (non-hydrogen) atoms. The lowest BCUT2D eigenvalue weighted by Crippen LogP contribution is -2.34. The number of nitrogens with two attached hydrogens (primary N) is 1. The Hall–Kier alpha value is -2.33. The third-order valence-electron chi connectivity index (χ3n) is 3.15. The SMILES string of the molecule is C=CCN(CCO)C(=O)c1cc2ccccc2cc1N. The Morgan fingerprint density at radius 1 is 1.30 bits per heavy atom. The first-order valence-electron chi connectivity index (χ1n) is 6.46. The van der Waals surface area contributed by atoms with E-state index in [4.69, 9.17) is 10.8 Å². The summed E-state index contributed by atoms with van der Waals surface area (Å²) in [7, 11) is 0. The summed E-state index contributed by atoms with van der Waals surface area (Å²) in [5, 5.41) is 11.0. The second kappa shape index (κ2) is 6.21. The molecule has 3 N–H and O–H groups in total. The maximum atomic E-state index is 12.5. The van der Waals surface area contributed by atoms with Gasteiger partial charge in [0.05, 0.1) is 12.2 Å². The summed E-state index contributed by atoms with van der Waals surface area (Å²) in [5.41, 5.74) is 6.88. The van der Waals surface area contributed by atoms with Crippen LogP contribution in [-0.2, 0) is 0 Å². The van der Waals surface area contributed by atoms with Crippen molar-refractivity contribution >= 4 is 22.4 Å². The monoisotopic (exact) mass is 270 g/mol. The van der Waals surface area contributed by atoms with Gasteiger partial charge in [-0.3, -0.25) is 4.79 Å². The number of amides is 1. The van der Waals surface area contributed by atoms with Crippen molar-refractivity contribution in [2.75, 3.05) is 25.4 Å². The van der Waals surface area contributed by atoms with Crippen molar-refractivity contribution in [1.29, 1.82) is 0 Å². The number of carbonyl (C=O) groups excluding carboxylic acids is 1. The van der Waals surface area contributed by atoms with Crippen LogP contribution in [0.5, 0.6) is 0 Å². The van der Waals surface area contributed by atoms with Gasteiger partial charge in [-0.1, -0.05) is 30.3 Å². The molecular formula is C16H18N2O2. The van der Waals surface area contributed by atoms with Crippen molar-refractivity contribution in [3.8, 4) is 0 Å². The summed E-state index contributed by atoms with van der Waals surface area (Å²) in [6.45, 7) is 4.18. The molecule has 0 fully saturated rings. The fourth-order valence-corrected chi connectivity index (χ4v) is 2.17. The number of benzene rings is 2. The van der Waals surface area contributed by atoms with Crippen LogP contribution in [-0.4, -0.2) is 35.6 Å². The average Bonchev–Trinajstić information content (AvgIpc) is 2.45. The van der Waals surface area contributed by atoms with E-state index in [0.29, 0.717) is 17.8 Å². The smallest absolute Gasteiger partial charge is 0.256 e. The van der Waals surface area contributed by atoms with Crippen LogP contribution in [0.1, 0.15) is 10.4 Å². The molecule has 0 aliphatic carbocycles. The van der Waals surface area contributed by atoms with Gasteiger partial charge in [-0.2, -0.15) is 0 Å². The Morgan fingerprint density at radius 3 is 2.55 bits per heavy atom. The molecule has 4 heteroatoms. The van der Waals surface area contributed by atoms with Crippen LogP contribution < -0.4 is 5.73 Å². The van der Waals surface area contributed by atoms with Crippen LogP contribution in [0.4, 0.5) is 5.69 Å². The number of aliphatic hydroxyl groups excluding tert-OH is 1. The van der Waals surface area contributed by atoms with Crippen molar-refractivity contribution in [3.05, 3.63) is 54.6 Å². The normalized spacial score (nSPS) is 10.4. The van der Waals surface area contributed by atoms with Gasteiger partial charge in [0.1, 0.15) is 0 Å². The maximum absolute atomic E-state index is 12.5. The van der Waals surface area contributed by atoms with Gasteiger partial charge in [0.25, 0.3) is 5.91 Å². The summed E-state index contributed by atoms with van der Waals surface area (Å²) in [4.78, 5) is 14.0. The van der Waals surface area contributed by atoms with Crippen molar-refractivity contribution in [2.24, 2.45) is 0 Å². The number of carbonyl (C=O) groups is 1. The molecule has 2 rings (SSSR count). The van der Waals surface area contributed by atoms with E-state index in [2.05, 4.69) is 6.58 Å². The summed E-state index contributed by atoms with van der Waals surface area (Å²) < 4.78 is 0. The van der Waals surface area contributed by atoms with Gasteiger partial charge in [-0.25, -0.2) is 0 Å². The topological polar surface area (TPSA) is 66.6 Å². The van der Waals surface area contributed by atoms with Gasteiger partial charge in [0, 0.05) is 18.8 Å². The van der Waals surface area contributed by atoms with E-state index < -0.39 is 0 Å². The van der Waals surface area contributed by atoms with Gasteiger partial charge in [-0.05, 0) is 22.9 Å². The van der Waals surface area contributed by atoms with Crippen LogP contribution in [0.15, 0.2) is 49.1 Å². The quantitative estimate of drug-likeness (QED) is 0.645. The summed E-state index contributed by atoms with van der Waals surface area (Å²) in [5.74, 6) is -0.192. The van der Waals surface area contributed by atoms with Crippen LogP contribution in [0.3, 0.4) is 0 Å². The van der Waals surface area contributed by atoms with E-state index in [1.54, 1.807) is 18.2 Å². The van der Waals surface area contributed by atoms with Gasteiger partial charge in [0.15, 0.2) is 0 Å². The molecule has 0 heterocycles. The molecule has 1 amide bonds. The third-order valence-corrected chi connectivity index (χ3v) is 3.15. The zero-order valence-electron chi connectivity index (χ0n) is 11.2. The predicted molar refractivity (Wildman–Crippen MR) is 81.5 cm³/mol. The molecule has 0 saturated heterocycles. The molecule has 0 atom stereocenters. The Labute approximate surface area is 118 Å². The molecular weight excluding hydrogens is 252 g/mol. The number of nitrogens with zero attached hydrogens (tertiary/aromatic N) is 1. The summed E-state index contributed by atoms with van der Waals surface area (Å²) >= 11 is 0. The lowest BCUT2D eigenvalue weighted by Gasteiger charge is -2.21. The van der Waals surface area contributed by atoms with Crippen molar-refractivity contribution in [3.63, 3.8) is 0 Å². The van der Waals surface area contributed by atoms with Crippen LogP contribution >= 0.6 is 0 Å². The standard InChI is InChI=1S/C16H18N2O2/c1-2-7-18(8-9-19)16(20)14-10-12-5-3-4-6-13(12)11-15(14)17/h2-6,10-11,19H,1,7-9,17H2. The zero-order chi connectivity index (χ0) is 14.5. The first kappa shape index (κ1) is 14.1. The Balaban J connectivity index is 2.42. The molecule has 0 radical (unpaired) electrons. The van der Waals surface area contributed by atoms with Crippen LogP contribution in [0.2, 0.25) is 0 Å². The molecule has 4 nitrogen and oxygen atoms in total. The number of hydrogen-bond donors (Lipinski definition) is 2. The number of hydrogen-bond acceptors (Lipinski definition) is 3. The summed E-state index contributed by atoms with van der Waals surface area (Å²) in [6.07, 6.45) is 1.63. The molecule has 2 aromatic rings. The molecule has 0 spiro atoms. The highest BCUT2D eigenvalue weighted by molar-refractivity contribution is 6.04. The molecule has 2 aromatic carbocycles. The molecule has 0 aliphatic rings. The Morgan fingerprint density at radius 2 is 1.95 bits per heavy atom. The molecule has 104 valence electrons. The highest BCUT2D eigenvalue weighted by Crippen LogP contribution is 2.23. The van der Waals surface area contributed by atoms with Gasteiger partial charge in [0.2, 0.25) is 0 Å². The number of aliphatic hydroxyl groups is 1. The lowest BCUT2D eigenvalue weighted by atomic mass is 10.0. The van der Waals surface area contributed by atoms with E-state index in [1.165, 1.54) is 4.90 Å². The van der Waals surface area contributed by atoms with Crippen molar-refractivity contribution in [1.82, 2.24) is 4.90 Å². The van der Waals surface area contributed by atoms with Crippen molar-refractivity contribution in [2.45, 2.75) is 0 Å². The van der Waals surface area contributed by atoms with E-state index in [0.717, 1.165) is 10.8 Å². The first-order chi connectivity index (χ1) is 9.67. The largest absolute Gasteiger partial charge is 0.398 e. The van der Waals surface area contributed by atoms with Gasteiger partial charge < -0.3 is 15.7 Å². The predicted octanol–water partition coefficient (Wildman–Crippen LogP) is 2.04. The van der Waals surface area contributed by atoms with Crippen LogP contribution in [0.25, 0.3) is 10.8 Å². The molecule has 0 unspecified atom stereocenters. The Bertz CT molecular complexity index is 637. The molecule has 0 saturated carbocycles. The third kappa shape index (κ3) is 2.81. The van der Waals surface area contributed by atoms with Crippen molar-refractivity contribution < 1.29 is 9.90 Å². The fourth-order valence-electron chi connectivity index (χ4n) is 2.17. The van der Waals surface area contributed by atoms with Crippen LogP contribution in [0, 0.1) is 0 Å². The summed E-state index contributed by atoms with van der Waals surface area (Å²) in [6, 6.07) is 11.3. The van der Waals surface area contributed by atoms with Gasteiger partial charge >= 0.3 is 0 Å². The fraction of sp³-hybridized carbons (Fsp3) is 0.188. The second-order valence-corrected chi connectivity index (χ2v) is 4.55. The minimum Gasteiger partial charge on any atom is -0.398 e. The number of fused-ring (bicyclic) bond motifs is 1. The molecule has 0 bridgehead atoms. The number of anilines is 1. The number of nitrogen functional groups attached to an aromatic ring is 1. The van der Waals surface area contributed by atoms with E-state index >= 15 is 0 Å². The average molecular weight is 270 g/mol. The Kier molecular flexibility index (Phi) is 4.38. The van der Waals surface area contributed by atoms with E-state index in [9.17, 15) is 4.79 Å².